The summed E-state index contributed by atoms with van der Waals surface area (Å²) in [4.78, 5) is 30.7. The van der Waals surface area contributed by atoms with Crippen LogP contribution in [0.4, 0.5) is 5.82 Å². The van der Waals surface area contributed by atoms with Crippen molar-refractivity contribution in [2.45, 2.75) is 0 Å². The van der Waals surface area contributed by atoms with Gasteiger partial charge in [-0.1, -0.05) is 11.6 Å². The zero-order chi connectivity index (χ0) is 18.8. The molecule has 0 aromatic carbocycles. The number of hydrogen-bond donors (Lipinski definition) is 2. The van der Waals surface area contributed by atoms with Crippen molar-refractivity contribution in [1.29, 1.82) is 0 Å². The molecule has 136 valence electrons. The molecule has 3 aromatic heterocycles. The van der Waals surface area contributed by atoms with Crippen LogP contribution in [0, 0.1) is 0 Å². The van der Waals surface area contributed by atoms with Crippen molar-refractivity contribution in [3.8, 4) is 17.1 Å². The Balaban J connectivity index is 2.17. The molecule has 0 bridgehead atoms. The Morgan fingerprint density at radius 3 is 2.69 bits per heavy atom. The highest BCUT2D eigenvalue weighted by atomic mass is 35.5. The van der Waals surface area contributed by atoms with E-state index in [0.717, 1.165) is 5.82 Å². The van der Waals surface area contributed by atoms with Crippen molar-refractivity contribution >= 4 is 34.4 Å². The molecule has 0 atom stereocenters. The summed E-state index contributed by atoms with van der Waals surface area (Å²) in [5, 5.41) is 0.413. The molecular weight excluding hydrogens is 358 g/mol. The summed E-state index contributed by atoms with van der Waals surface area (Å²) in [6.45, 7) is 0. The maximum absolute atomic E-state index is 12.1. The first kappa shape index (κ1) is 18.0. The SMILES string of the molecule is CONC(=O)c1c[nH]c2cc(Cl)c(-c3ccc(N(C)C)nc3OC)nc12. The van der Waals surface area contributed by atoms with E-state index in [1.165, 1.54) is 14.2 Å². The molecule has 8 nitrogen and oxygen atoms in total. The van der Waals surface area contributed by atoms with Crippen molar-refractivity contribution in [1.82, 2.24) is 20.4 Å². The summed E-state index contributed by atoms with van der Waals surface area (Å²) in [6, 6.07) is 5.39. The Morgan fingerprint density at radius 2 is 2.04 bits per heavy atom. The van der Waals surface area contributed by atoms with Crippen LogP contribution >= 0.6 is 11.6 Å². The fourth-order valence-electron chi connectivity index (χ4n) is 2.55. The third-order valence-electron chi connectivity index (χ3n) is 3.79. The number of ether oxygens (including phenoxy) is 1. The van der Waals surface area contributed by atoms with Gasteiger partial charge in [-0.3, -0.25) is 9.63 Å². The molecular formula is C17H18ClN5O3. The second-order valence-corrected chi connectivity index (χ2v) is 6.08. The van der Waals surface area contributed by atoms with Gasteiger partial charge in [-0.15, -0.1) is 0 Å². The van der Waals surface area contributed by atoms with E-state index in [2.05, 4.69) is 25.3 Å². The van der Waals surface area contributed by atoms with Gasteiger partial charge in [0.25, 0.3) is 5.91 Å². The molecule has 3 heterocycles. The number of hydrogen-bond acceptors (Lipinski definition) is 6. The number of anilines is 1. The summed E-state index contributed by atoms with van der Waals surface area (Å²) in [5.41, 5.74) is 4.83. The molecule has 0 unspecified atom stereocenters. The largest absolute Gasteiger partial charge is 0.480 e. The second-order valence-electron chi connectivity index (χ2n) is 5.67. The topological polar surface area (TPSA) is 92.4 Å². The number of rotatable bonds is 5. The molecule has 0 aliphatic rings. The van der Waals surface area contributed by atoms with Crippen LogP contribution in [-0.4, -0.2) is 49.2 Å². The van der Waals surface area contributed by atoms with Crippen LogP contribution in [0.15, 0.2) is 24.4 Å². The van der Waals surface area contributed by atoms with Gasteiger partial charge in [0.2, 0.25) is 5.88 Å². The number of fused-ring (bicyclic) bond motifs is 1. The number of carbonyl (C=O) groups is 1. The number of nitrogens with one attached hydrogen (secondary N) is 2. The molecule has 0 fully saturated rings. The molecule has 0 radical (unpaired) electrons. The van der Waals surface area contributed by atoms with Crippen LogP contribution in [-0.2, 0) is 4.84 Å². The molecule has 2 N–H and O–H groups in total. The lowest BCUT2D eigenvalue weighted by Gasteiger charge is -2.15. The minimum atomic E-state index is -0.410. The van der Waals surface area contributed by atoms with Crippen molar-refractivity contribution in [2.75, 3.05) is 33.2 Å². The highest BCUT2D eigenvalue weighted by molar-refractivity contribution is 6.34. The summed E-state index contributed by atoms with van der Waals surface area (Å²) < 4.78 is 5.41. The Kier molecular flexibility index (Phi) is 4.97. The number of aromatic amines is 1. The van der Waals surface area contributed by atoms with Crippen LogP contribution in [0.2, 0.25) is 5.02 Å². The minimum absolute atomic E-state index is 0.344. The number of halogens is 1. The van der Waals surface area contributed by atoms with Crippen LogP contribution in [0.5, 0.6) is 5.88 Å². The third-order valence-corrected chi connectivity index (χ3v) is 4.08. The van der Waals surface area contributed by atoms with E-state index in [4.69, 9.17) is 16.3 Å². The van der Waals surface area contributed by atoms with E-state index in [0.29, 0.717) is 38.8 Å². The van der Waals surface area contributed by atoms with E-state index < -0.39 is 5.91 Å². The Hall–Kier alpha value is -2.84. The van der Waals surface area contributed by atoms with Gasteiger partial charge in [-0.25, -0.2) is 10.5 Å². The van der Waals surface area contributed by atoms with Gasteiger partial charge >= 0.3 is 0 Å². The van der Waals surface area contributed by atoms with Crippen molar-refractivity contribution < 1.29 is 14.4 Å². The standard InChI is InChI=1S/C17H18ClN5O3/c1-23(2)13-6-5-9(17(20-13)25-3)14-11(18)7-12-15(21-14)10(8-19-12)16(24)22-26-4/h5-8,19H,1-4H3,(H,22,24). The highest BCUT2D eigenvalue weighted by Gasteiger charge is 2.19. The predicted molar refractivity (Wildman–Crippen MR) is 99.7 cm³/mol. The quantitative estimate of drug-likeness (QED) is 0.666. The molecule has 0 saturated heterocycles. The first-order valence-electron chi connectivity index (χ1n) is 7.70. The van der Waals surface area contributed by atoms with Crippen molar-refractivity contribution in [2.24, 2.45) is 0 Å². The van der Waals surface area contributed by atoms with E-state index in [1.807, 2.05) is 31.1 Å². The number of pyridine rings is 2. The Morgan fingerprint density at radius 1 is 1.27 bits per heavy atom. The molecule has 3 rings (SSSR count). The molecule has 26 heavy (non-hydrogen) atoms. The average Bonchev–Trinajstić information content (AvgIpc) is 3.03. The molecule has 0 aliphatic carbocycles. The van der Waals surface area contributed by atoms with Crippen molar-refractivity contribution in [3.63, 3.8) is 0 Å². The van der Waals surface area contributed by atoms with E-state index in [9.17, 15) is 4.79 Å². The van der Waals surface area contributed by atoms with E-state index in [1.54, 1.807) is 12.3 Å². The lowest BCUT2D eigenvalue weighted by molar-refractivity contribution is 0.0539. The number of nitrogens with zero attached hydrogens (tertiary/aromatic N) is 3. The molecule has 3 aromatic rings. The normalized spacial score (nSPS) is 10.8. The lowest BCUT2D eigenvalue weighted by atomic mass is 10.1. The summed E-state index contributed by atoms with van der Waals surface area (Å²) in [6.07, 6.45) is 1.55. The minimum Gasteiger partial charge on any atom is -0.480 e. The van der Waals surface area contributed by atoms with Crippen LogP contribution in [0.3, 0.4) is 0 Å². The van der Waals surface area contributed by atoms with Crippen molar-refractivity contribution in [3.05, 3.63) is 35.0 Å². The predicted octanol–water partition coefficient (Wildman–Crippen LogP) is 2.64. The second kappa shape index (κ2) is 7.19. The fraction of sp³-hybridized carbons (Fsp3) is 0.235. The maximum Gasteiger partial charge on any atom is 0.278 e. The summed E-state index contributed by atoms with van der Waals surface area (Å²) in [5.74, 6) is 0.723. The summed E-state index contributed by atoms with van der Waals surface area (Å²) in [7, 11) is 6.68. The number of methoxy groups -OCH3 is 1. The zero-order valence-corrected chi connectivity index (χ0v) is 15.5. The number of H-pyrrole nitrogens is 1. The third kappa shape index (κ3) is 3.16. The molecule has 1 amide bonds. The first-order valence-corrected chi connectivity index (χ1v) is 8.07. The average molecular weight is 376 g/mol. The summed E-state index contributed by atoms with van der Waals surface area (Å²) >= 11 is 6.42. The molecule has 0 saturated carbocycles. The Labute approximate surface area is 155 Å². The number of amides is 1. The van der Waals surface area contributed by atoms with Gasteiger partial charge in [-0.05, 0) is 18.2 Å². The molecule has 0 spiro atoms. The van der Waals surface area contributed by atoms with Gasteiger partial charge in [0.05, 0.1) is 41.6 Å². The monoisotopic (exact) mass is 375 g/mol. The van der Waals surface area contributed by atoms with Gasteiger partial charge in [0.1, 0.15) is 11.3 Å². The molecule has 0 aliphatic heterocycles. The Bertz CT molecular complexity index is 970. The van der Waals surface area contributed by atoms with Gasteiger partial charge < -0.3 is 14.6 Å². The van der Waals surface area contributed by atoms with E-state index in [-0.39, 0.29) is 0 Å². The smallest absolute Gasteiger partial charge is 0.278 e. The van der Waals surface area contributed by atoms with Gasteiger partial charge in [0.15, 0.2) is 0 Å². The number of aromatic nitrogens is 3. The number of hydroxylamine groups is 1. The van der Waals surface area contributed by atoms with Gasteiger partial charge in [0, 0.05) is 20.3 Å². The van der Waals surface area contributed by atoms with E-state index >= 15 is 0 Å². The maximum atomic E-state index is 12.1. The van der Waals surface area contributed by atoms with Crippen LogP contribution in [0.1, 0.15) is 10.4 Å². The fourth-order valence-corrected chi connectivity index (χ4v) is 2.80. The lowest BCUT2D eigenvalue weighted by Crippen LogP contribution is -2.21. The first-order chi connectivity index (χ1) is 12.5. The van der Waals surface area contributed by atoms with Crippen LogP contribution < -0.4 is 15.1 Å². The van der Waals surface area contributed by atoms with Gasteiger partial charge in [-0.2, -0.15) is 4.98 Å². The highest BCUT2D eigenvalue weighted by Crippen LogP contribution is 2.35. The van der Waals surface area contributed by atoms with Crippen LogP contribution in [0.25, 0.3) is 22.3 Å². The zero-order valence-electron chi connectivity index (χ0n) is 14.8. The molecule has 9 heteroatoms. The number of carbonyl (C=O) groups excluding carboxylic acids is 1.